The molecule has 0 atom stereocenters. The molecule has 5 heteroatoms. The van der Waals surface area contributed by atoms with E-state index in [4.69, 9.17) is 0 Å². The summed E-state index contributed by atoms with van der Waals surface area (Å²) in [6.07, 6.45) is 2.33. The molecule has 1 aromatic rings. The van der Waals surface area contributed by atoms with E-state index in [1.807, 2.05) is 11.7 Å². The van der Waals surface area contributed by atoms with Crippen LogP contribution in [0.25, 0.3) is 0 Å². The summed E-state index contributed by atoms with van der Waals surface area (Å²) in [7, 11) is 1.91. The van der Waals surface area contributed by atoms with Crippen molar-refractivity contribution in [2.24, 2.45) is 0 Å². The van der Waals surface area contributed by atoms with Crippen molar-refractivity contribution >= 4 is 5.91 Å². The number of hydrogen-bond donors (Lipinski definition) is 2. The van der Waals surface area contributed by atoms with Crippen LogP contribution in [0.15, 0.2) is 6.07 Å². The molecule has 1 aliphatic heterocycles. The van der Waals surface area contributed by atoms with Crippen LogP contribution in [0.3, 0.4) is 0 Å². The van der Waals surface area contributed by atoms with Crippen molar-refractivity contribution in [1.29, 1.82) is 0 Å². The Morgan fingerprint density at radius 1 is 1.62 bits per heavy atom. The fraction of sp³-hybridized carbons (Fsp3) is 0.636. The third-order valence-corrected chi connectivity index (χ3v) is 3.50. The van der Waals surface area contributed by atoms with Crippen LogP contribution in [0.5, 0.6) is 0 Å². The number of rotatable bonds is 2. The monoisotopic (exact) mass is 220 g/mol. The molecule has 0 saturated heterocycles. The largest absolute Gasteiger partial charge is 0.354 e. The minimum atomic E-state index is 0.0733. The zero-order valence-electron chi connectivity index (χ0n) is 9.42. The molecule has 5 nitrogen and oxygen atoms in total. The van der Waals surface area contributed by atoms with Gasteiger partial charge in [0, 0.05) is 24.2 Å². The van der Waals surface area contributed by atoms with E-state index in [-0.39, 0.29) is 11.3 Å². The molecular formula is C11H16N4O. The number of carbonyl (C=O) groups excluding carboxylic acids is 1. The number of carbonyl (C=O) groups is 1. The van der Waals surface area contributed by atoms with E-state index in [2.05, 4.69) is 21.8 Å². The Bertz CT molecular complexity index is 433. The van der Waals surface area contributed by atoms with E-state index in [1.54, 1.807) is 0 Å². The molecule has 2 aliphatic rings. The summed E-state index contributed by atoms with van der Waals surface area (Å²) in [4.78, 5) is 11.5. The molecule has 1 amide bonds. The molecule has 0 radical (unpaired) electrons. The summed E-state index contributed by atoms with van der Waals surface area (Å²) >= 11 is 0. The van der Waals surface area contributed by atoms with Crippen molar-refractivity contribution in [2.45, 2.75) is 31.3 Å². The zero-order valence-corrected chi connectivity index (χ0v) is 9.42. The summed E-state index contributed by atoms with van der Waals surface area (Å²) in [6.45, 7) is 1.90. The average molecular weight is 220 g/mol. The summed E-state index contributed by atoms with van der Waals surface area (Å²) in [6, 6.07) is 2.14. The molecule has 1 saturated carbocycles. The van der Waals surface area contributed by atoms with Crippen LogP contribution in [0.2, 0.25) is 0 Å². The number of hydrogen-bond acceptors (Lipinski definition) is 3. The fourth-order valence-electron chi connectivity index (χ4n) is 2.42. The summed E-state index contributed by atoms with van der Waals surface area (Å²) < 4.78 is 1.88. The zero-order chi connectivity index (χ0) is 11.2. The molecule has 1 aromatic heterocycles. The molecule has 0 bridgehead atoms. The molecule has 2 N–H and O–H groups in total. The maximum absolute atomic E-state index is 11.5. The first-order chi connectivity index (χ1) is 7.73. The molecule has 0 unspecified atom stereocenters. The van der Waals surface area contributed by atoms with Gasteiger partial charge in [0.15, 0.2) is 0 Å². The highest BCUT2D eigenvalue weighted by atomic mass is 16.2. The highest BCUT2D eigenvalue weighted by Crippen LogP contribution is 2.48. The minimum Gasteiger partial charge on any atom is -0.354 e. The van der Waals surface area contributed by atoms with Crippen LogP contribution in [-0.2, 0) is 23.3 Å². The van der Waals surface area contributed by atoms with Gasteiger partial charge in [0.2, 0.25) is 5.91 Å². The maximum Gasteiger partial charge on any atom is 0.241 e. The Morgan fingerprint density at radius 2 is 2.44 bits per heavy atom. The fourth-order valence-corrected chi connectivity index (χ4v) is 2.42. The number of nitrogens with zero attached hydrogens (tertiary/aromatic N) is 2. The van der Waals surface area contributed by atoms with Gasteiger partial charge in [0.25, 0.3) is 0 Å². The van der Waals surface area contributed by atoms with E-state index < -0.39 is 0 Å². The lowest BCUT2D eigenvalue weighted by Gasteiger charge is -2.11. The first kappa shape index (κ1) is 9.84. The maximum atomic E-state index is 11.5. The van der Waals surface area contributed by atoms with Crippen molar-refractivity contribution in [3.63, 3.8) is 0 Å². The van der Waals surface area contributed by atoms with Gasteiger partial charge in [-0.05, 0) is 26.0 Å². The second kappa shape index (κ2) is 3.31. The molecule has 1 aliphatic carbocycles. The van der Waals surface area contributed by atoms with Crippen molar-refractivity contribution in [3.05, 3.63) is 17.5 Å². The predicted octanol–water partition coefficient (Wildman–Crippen LogP) is -0.236. The highest BCUT2D eigenvalue weighted by Gasteiger charge is 2.48. The van der Waals surface area contributed by atoms with Crippen molar-refractivity contribution < 1.29 is 4.79 Å². The molecular weight excluding hydrogens is 204 g/mol. The van der Waals surface area contributed by atoms with Gasteiger partial charge in [0.05, 0.1) is 5.69 Å². The van der Waals surface area contributed by atoms with E-state index in [0.717, 1.165) is 31.6 Å². The standard InChI is InChI=1S/C11H16N4O/c1-12-5-8-4-9-11(2-3-11)7-13-10(16)6-15(9)14-8/h4,12H,2-3,5-7H2,1H3,(H,13,16). The van der Waals surface area contributed by atoms with Gasteiger partial charge in [0.1, 0.15) is 6.54 Å². The average Bonchev–Trinajstić information content (AvgIpc) is 2.96. The van der Waals surface area contributed by atoms with Crippen LogP contribution >= 0.6 is 0 Å². The molecule has 86 valence electrons. The minimum absolute atomic E-state index is 0.0733. The van der Waals surface area contributed by atoms with E-state index in [1.165, 1.54) is 5.69 Å². The first-order valence-corrected chi connectivity index (χ1v) is 5.72. The van der Waals surface area contributed by atoms with Crippen LogP contribution in [0, 0.1) is 0 Å². The van der Waals surface area contributed by atoms with Gasteiger partial charge >= 0.3 is 0 Å². The number of aromatic nitrogens is 2. The van der Waals surface area contributed by atoms with Gasteiger partial charge in [-0.15, -0.1) is 0 Å². The van der Waals surface area contributed by atoms with E-state index in [0.29, 0.717) is 6.54 Å². The third-order valence-electron chi connectivity index (χ3n) is 3.50. The molecule has 0 aromatic carbocycles. The topological polar surface area (TPSA) is 59.0 Å². The quantitative estimate of drug-likeness (QED) is 0.723. The normalized spacial score (nSPS) is 21.4. The highest BCUT2D eigenvalue weighted by molar-refractivity contribution is 5.76. The summed E-state index contributed by atoms with van der Waals surface area (Å²) in [5, 5.41) is 10.5. The Morgan fingerprint density at radius 3 is 3.12 bits per heavy atom. The van der Waals surface area contributed by atoms with Gasteiger partial charge in [-0.3, -0.25) is 9.48 Å². The van der Waals surface area contributed by atoms with E-state index >= 15 is 0 Å². The lowest BCUT2D eigenvalue weighted by molar-refractivity contribution is -0.121. The number of amides is 1. The molecule has 3 rings (SSSR count). The van der Waals surface area contributed by atoms with Crippen molar-refractivity contribution in [1.82, 2.24) is 20.4 Å². The lowest BCUT2D eigenvalue weighted by Crippen LogP contribution is -2.29. The van der Waals surface area contributed by atoms with Gasteiger partial charge in [-0.1, -0.05) is 0 Å². The van der Waals surface area contributed by atoms with Gasteiger partial charge in [-0.2, -0.15) is 5.10 Å². The van der Waals surface area contributed by atoms with Crippen LogP contribution in [0.4, 0.5) is 0 Å². The second-order valence-electron chi connectivity index (χ2n) is 4.77. The predicted molar refractivity (Wildman–Crippen MR) is 58.9 cm³/mol. The molecule has 1 fully saturated rings. The Labute approximate surface area is 94.2 Å². The second-order valence-corrected chi connectivity index (χ2v) is 4.77. The van der Waals surface area contributed by atoms with E-state index in [9.17, 15) is 4.79 Å². The smallest absolute Gasteiger partial charge is 0.241 e. The Balaban J connectivity index is 2.00. The Hall–Kier alpha value is -1.36. The third kappa shape index (κ3) is 1.43. The van der Waals surface area contributed by atoms with Gasteiger partial charge < -0.3 is 10.6 Å². The van der Waals surface area contributed by atoms with Gasteiger partial charge in [-0.25, -0.2) is 0 Å². The summed E-state index contributed by atoms with van der Waals surface area (Å²) in [5.74, 6) is 0.0733. The SMILES string of the molecule is CNCc1cc2n(n1)CC(=O)NCC21CC1. The number of fused-ring (bicyclic) bond motifs is 2. The van der Waals surface area contributed by atoms with Crippen LogP contribution in [0.1, 0.15) is 24.2 Å². The van der Waals surface area contributed by atoms with Crippen LogP contribution < -0.4 is 10.6 Å². The lowest BCUT2D eigenvalue weighted by atomic mass is 10.0. The van der Waals surface area contributed by atoms with Crippen LogP contribution in [-0.4, -0.2) is 29.3 Å². The molecule has 16 heavy (non-hydrogen) atoms. The Kier molecular flexibility index (Phi) is 2.04. The van der Waals surface area contributed by atoms with Crippen molar-refractivity contribution in [3.8, 4) is 0 Å². The molecule has 2 heterocycles. The summed E-state index contributed by atoms with van der Waals surface area (Å²) in [5.41, 5.74) is 2.44. The molecule has 1 spiro atoms. The first-order valence-electron chi connectivity index (χ1n) is 5.72. The number of nitrogens with one attached hydrogen (secondary N) is 2. The van der Waals surface area contributed by atoms with Crippen molar-refractivity contribution in [2.75, 3.05) is 13.6 Å².